The number of rotatable bonds is 6. The second kappa shape index (κ2) is 13.8. The minimum Gasteiger partial charge on any atom is -0.455 e. The predicted octanol–water partition coefficient (Wildman–Crippen LogP) is 14.4. The van der Waals surface area contributed by atoms with Crippen molar-refractivity contribution in [1.29, 1.82) is 0 Å². The number of hydrogen-bond acceptors (Lipinski definition) is 4. The molecule has 0 spiro atoms. The van der Waals surface area contributed by atoms with Gasteiger partial charge >= 0.3 is 0 Å². The summed E-state index contributed by atoms with van der Waals surface area (Å²) in [4.78, 5) is 15.5. The zero-order valence-electron chi connectivity index (χ0n) is 37.9. The van der Waals surface area contributed by atoms with Gasteiger partial charge in [-0.3, -0.25) is 0 Å². The van der Waals surface area contributed by atoms with Crippen LogP contribution in [0, 0.1) is 0 Å². The van der Waals surface area contributed by atoms with E-state index in [1.165, 1.54) is 6.07 Å². The number of furan rings is 1. The monoisotopic (exact) mass is 772 g/mol. The van der Waals surface area contributed by atoms with Gasteiger partial charge in [-0.25, -0.2) is 15.0 Å². The van der Waals surface area contributed by atoms with E-state index in [2.05, 4.69) is 65.2 Å². The molecule has 0 aliphatic heterocycles. The summed E-state index contributed by atoms with van der Waals surface area (Å²) in [6.07, 6.45) is 0. The van der Waals surface area contributed by atoms with Gasteiger partial charge in [0.25, 0.3) is 0 Å². The molecule has 0 saturated carbocycles. The van der Waals surface area contributed by atoms with E-state index in [-0.39, 0.29) is 63.8 Å². The van der Waals surface area contributed by atoms with E-state index >= 15 is 0 Å². The predicted molar refractivity (Wildman–Crippen MR) is 246 cm³/mol. The fourth-order valence-electron chi connectivity index (χ4n) is 8.51. The Labute approximate surface area is 353 Å². The second-order valence-corrected chi connectivity index (χ2v) is 14.7. The lowest BCUT2D eigenvalue weighted by Gasteiger charge is -2.19. The van der Waals surface area contributed by atoms with Gasteiger partial charge in [-0.1, -0.05) is 182 Å². The third-order valence-electron chi connectivity index (χ3n) is 11.2. The molecule has 12 rings (SSSR count). The molecule has 9 aromatic carbocycles. The summed E-state index contributed by atoms with van der Waals surface area (Å²) < 4.78 is 62.6. The van der Waals surface area contributed by atoms with Gasteiger partial charge in [0, 0.05) is 49.4 Å². The summed E-state index contributed by atoms with van der Waals surface area (Å²) in [5.74, 6) is 1.26. The van der Waals surface area contributed by atoms with Crippen molar-refractivity contribution < 1.29 is 12.6 Å². The standard InChI is InChI=1S/C55H34N4O/c1-2-16-37(17-3-1)53-56-54(38-33-31-36(32-34-38)40-23-12-18-35-15-4-5-19-39(35)40)58-55(57-53)47-27-13-24-44(46-26-14-25-45-43-22-8-11-30-50(43)60-52(45)46)51(47)59-48-28-9-6-20-41(48)42-21-7-10-29-49(42)59/h1-34H/i8D,14D,22D,25D,26D,30D. The maximum atomic E-state index is 9.57. The summed E-state index contributed by atoms with van der Waals surface area (Å²) in [5.41, 5.74) is 7.43. The van der Waals surface area contributed by atoms with E-state index < -0.39 is 0 Å². The molecular formula is C55H34N4O. The van der Waals surface area contributed by atoms with Crippen molar-refractivity contribution in [2.75, 3.05) is 0 Å². The minimum atomic E-state index is -0.374. The number of para-hydroxylation sites is 5. The normalized spacial score (nSPS) is 13.1. The molecule has 60 heavy (non-hydrogen) atoms. The van der Waals surface area contributed by atoms with Crippen molar-refractivity contribution in [3.8, 4) is 62.1 Å². The van der Waals surface area contributed by atoms with Gasteiger partial charge in [0.05, 0.1) is 24.9 Å². The van der Waals surface area contributed by atoms with E-state index in [0.29, 0.717) is 34.3 Å². The van der Waals surface area contributed by atoms with Gasteiger partial charge in [0.15, 0.2) is 17.5 Å². The quantitative estimate of drug-likeness (QED) is 0.169. The first kappa shape index (κ1) is 28.3. The van der Waals surface area contributed by atoms with E-state index in [1.807, 2.05) is 103 Å². The molecule has 0 aliphatic rings. The first-order valence-electron chi connectivity index (χ1n) is 22.7. The second-order valence-electron chi connectivity index (χ2n) is 14.7. The van der Waals surface area contributed by atoms with Crippen molar-refractivity contribution in [1.82, 2.24) is 19.5 Å². The van der Waals surface area contributed by atoms with Gasteiger partial charge in [-0.05, 0) is 46.1 Å². The molecule has 0 unspecified atom stereocenters. The van der Waals surface area contributed by atoms with E-state index in [0.717, 1.165) is 54.8 Å². The Balaban J connectivity index is 1.17. The Morgan fingerprint density at radius 3 is 1.75 bits per heavy atom. The fraction of sp³-hybridized carbons (Fsp3) is 0. The molecule has 3 heterocycles. The number of fused-ring (bicyclic) bond motifs is 7. The highest BCUT2D eigenvalue weighted by molar-refractivity contribution is 6.13. The van der Waals surface area contributed by atoms with Crippen molar-refractivity contribution >= 4 is 54.5 Å². The van der Waals surface area contributed by atoms with Gasteiger partial charge in [-0.2, -0.15) is 0 Å². The molecule has 12 aromatic rings. The number of aromatic nitrogens is 4. The molecule has 0 aliphatic carbocycles. The number of benzene rings is 9. The molecule has 280 valence electrons. The van der Waals surface area contributed by atoms with Crippen LogP contribution in [0.25, 0.3) is 117 Å². The molecule has 0 fully saturated rings. The van der Waals surface area contributed by atoms with Crippen LogP contribution in [0.15, 0.2) is 211 Å². The highest BCUT2D eigenvalue weighted by Gasteiger charge is 2.24. The average Bonchev–Trinajstić information content (AvgIpc) is 3.92. The van der Waals surface area contributed by atoms with Crippen LogP contribution in [0.5, 0.6) is 0 Å². The van der Waals surface area contributed by atoms with Crippen LogP contribution in [0.2, 0.25) is 0 Å². The zero-order valence-corrected chi connectivity index (χ0v) is 31.9. The van der Waals surface area contributed by atoms with Gasteiger partial charge in [0.1, 0.15) is 11.2 Å². The van der Waals surface area contributed by atoms with Crippen LogP contribution in [0.4, 0.5) is 0 Å². The van der Waals surface area contributed by atoms with Gasteiger partial charge in [-0.15, -0.1) is 0 Å². The summed E-state index contributed by atoms with van der Waals surface area (Å²) in [6.45, 7) is 0. The largest absolute Gasteiger partial charge is 0.455 e. The Morgan fingerprint density at radius 1 is 0.383 bits per heavy atom. The van der Waals surface area contributed by atoms with Crippen molar-refractivity contribution in [2.24, 2.45) is 0 Å². The highest BCUT2D eigenvalue weighted by atomic mass is 16.3. The van der Waals surface area contributed by atoms with E-state index in [1.54, 1.807) is 0 Å². The first-order valence-corrected chi connectivity index (χ1v) is 19.7. The lowest BCUT2D eigenvalue weighted by molar-refractivity contribution is 0.670. The molecule has 0 saturated heterocycles. The molecule has 0 radical (unpaired) electrons. The summed E-state index contributed by atoms with van der Waals surface area (Å²) in [6, 6.07) is 54.2. The van der Waals surface area contributed by atoms with Crippen molar-refractivity contribution in [3.05, 3.63) is 206 Å². The maximum absolute atomic E-state index is 9.57. The van der Waals surface area contributed by atoms with Crippen LogP contribution in [0.1, 0.15) is 8.22 Å². The maximum Gasteiger partial charge on any atom is 0.166 e. The molecule has 0 amide bonds. The van der Waals surface area contributed by atoms with Crippen LogP contribution >= 0.6 is 0 Å². The summed E-state index contributed by atoms with van der Waals surface area (Å²) in [5, 5.41) is 4.50. The lowest BCUT2D eigenvalue weighted by Crippen LogP contribution is -2.05. The fourth-order valence-corrected chi connectivity index (χ4v) is 8.51. The Hall–Kier alpha value is -8.15. The van der Waals surface area contributed by atoms with Crippen molar-refractivity contribution in [2.45, 2.75) is 0 Å². The van der Waals surface area contributed by atoms with Crippen LogP contribution in [-0.2, 0) is 0 Å². The van der Waals surface area contributed by atoms with Crippen LogP contribution in [-0.4, -0.2) is 19.5 Å². The Morgan fingerprint density at radius 2 is 0.967 bits per heavy atom. The first-order chi connectivity index (χ1) is 32.2. The lowest BCUT2D eigenvalue weighted by atomic mass is 9.96. The van der Waals surface area contributed by atoms with Crippen LogP contribution in [0.3, 0.4) is 0 Å². The minimum absolute atomic E-state index is 0.0152. The third kappa shape index (κ3) is 5.44. The Bertz CT molecular complexity index is 3900. The number of hydrogen-bond donors (Lipinski definition) is 0. The van der Waals surface area contributed by atoms with Gasteiger partial charge in [0.2, 0.25) is 0 Å². The smallest absolute Gasteiger partial charge is 0.166 e. The molecule has 3 aromatic heterocycles. The topological polar surface area (TPSA) is 56.7 Å². The number of nitrogens with zero attached hydrogens (tertiary/aromatic N) is 4. The molecular weight excluding hydrogens is 733 g/mol. The molecule has 0 bridgehead atoms. The zero-order chi connectivity index (χ0) is 44.8. The Kier molecular flexibility index (Phi) is 6.48. The summed E-state index contributed by atoms with van der Waals surface area (Å²) >= 11 is 0. The highest BCUT2D eigenvalue weighted by Crippen LogP contribution is 2.44. The molecule has 0 N–H and O–H groups in total. The van der Waals surface area contributed by atoms with Crippen LogP contribution < -0.4 is 0 Å². The van der Waals surface area contributed by atoms with E-state index in [4.69, 9.17) is 24.9 Å². The summed E-state index contributed by atoms with van der Waals surface area (Å²) in [7, 11) is 0. The third-order valence-corrected chi connectivity index (χ3v) is 11.2. The molecule has 5 nitrogen and oxygen atoms in total. The average molecular weight is 773 g/mol. The van der Waals surface area contributed by atoms with Crippen molar-refractivity contribution in [3.63, 3.8) is 0 Å². The molecule has 5 heteroatoms. The van der Waals surface area contributed by atoms with Gasteiger partial charge < -0.3 is 8.98 Å². The van der Waals surface area contributed by atoms with E-state index in [9.17, 15) is 2.74 Å². The molecule has 0 atom stereocenters. The SMILES string of the molecule is [2H]c1cc([2H])c2oc3c(-c4cccc(-c5nc(-c6ccccc6)nc(-c6ccc(-c7cccc8ccccc78)cc6)n5)c4-n4c5ccccc5c5ccccc54)c([2H])c([2H])c([2H])c3c2c1[2H].